The van der Waals surface area contributed by atoms with Crippen LogP contribution in [0.15, 0.2) is 0 Å². The van der Waals surface area contributed by atoms with E-state index < -0.39 is 33.2 Å². The largest absolute Gasteiger partial charge is 0.473 e. The Labute approximate surface area is 130 Å². The van der Waals surface area contributed by atoms with Crippen LogP contribution in [0.5, 0.6) is 0 Å². The Morgan fingerprint density at radius 2 is 2.24 bits per heavy atom. The molecule has 1 aliphatic heterocycles. The van der Waals surface area contributed by atoms with Crippen molar-refractivity contribution in [2.45, 2.75) is 30.3 Å². The molecule has 0 bridgehead atoms. The molecule has 1 rings (SSSR count). The Morgan fingerprint density at radius 3 is 2.76 bits per heavy atom. The van der Waals surface area contributed by atoms with Gasteiger partial charge in [0.15, 0.2) is 5.78 Å². The highest BCUT2D eigenvalue weighted by molar-refractivity contribution is 8.77. The Bertz CT molecular complexity index is 380. The first-order valence-electron chi connectivity index (χ1n) is 6.36. The van der Waals surface area contributed by atoms with E-state index in [1.165, 1.54) is 10.8 Å². The Morgan fingerprint density at radius 1 is 1.52 bits per heavy atom. The van der Waals surface area contributed by atoms with Gasteiger partial charge in [0.25, 0.3) is 0 Å². The maximum atomic E-state index is 12.2. The monoisotopic (exact) mass is 361 g/mol. The minimum atomic E-state index is -4.53. The number of aliphatic hydroxyl groups excluding tert-OH is 2. The standard InChI is InChI=1S/C10H20NO7PS2/c11-4-8(10(14)9-2-1-3-20-21-9)18-19(15,16)17-6-7(13)5-12/h7-9,12-13H,1-6,11H2,(H,15,16)/t7-,8?,9?/m1/s1. The molecule has 0 radical (unpaired) electrons. The predicted octanol–water partition coefficient (Wildman–Crippen LogP) is -0.0866. The molecule has 1 aliphatic rings. The Balaban J connectivity index is 2.54. The molecule has 8 nitrogen and oxygen atoms in total. The van der Waals surface area contributed by atoms with Crippen molar-refractivity contribution in [3.63, 3.8) is 0 Å². The third-order valence-electron chi connectivity index (χ3n) is 2.63. The van der Waals surface area contributed by atoms with Gasteiger partial charge >= 0.3 is 7.82 Å². The molecule has 1 saturated heterocycles. The second kappa shape index (κ2) is 9.49. The van der Waals surface area contributed by atoms with Crippen molar-refractivity contribution < 1.29 is 33.5 Å². The van der Waals surface area contributed by atoms with E-state index in [4.69, 9.17) is 20.5 Å². The van der Waals surface area contributed by atoms with Gasteiger partial charge in [-0.15, -0.1) is 0 Å². The van der Waals surface area contributed by atoms with Gasteiger partial charge in [-0.1, -0.05) is 21.6 Å². The van der Waals surface area contributed by atoms with Crippen LogP contribution in [0.4, 0.5) is 0 Å². The van der Waals surface area contributed by atoms with Crippen LogP contribution >= 0.6 is 29.4 Å². The Hall–Kier alpha value is 0.360. The van der Waals surface area contributed by atoms with Crippen LogP contribution in [0.2, 0.25) is 0 Å². The molecule has 5 N–H and O–H groups in total. The molecule has 0 spiro atoms. The van der Waals surface area contributed by atoms with Crippen molar-refractivity contribution in [3.05, 3.63) is 0 Å². The van der Waals surface area contributed by atoms with E-state index in [9.17, 15) is 14.3 Å². The molecule has 4 atom stereocenters. The number of ketones is 1. The van der Waals surface area contributed by atoms with Crippen LogP contribution in [0.1, 0.15) is 12.8 Å². The van der Waals surface area contributed by atoms with Gasteiger partial charge in [0.1, 0.15) is 12.2 Å². The van der Waals surface area contributed by atoms with E-state index >= 15 is 0 Å². The number of phosphoric acid groups is 1. The number of carbonyl (C=O) groups is 1. The number of hydrogen-bond acceptors (Lipinski definition) is 9. The molecular weight excluding hydrogens is 341 g/mol. The second-order valence-electron chi connectivity index (χ2n) is 4.38. The topological polar surface area (TPSA) is 139 Å². The highest BCUT2D eigenvalue weighted by Crippen LogP contribution is 2.45. The van der Waals surface area contributed by atoms with E-state index in [1.54, 1.807) is 10.8 Å². The van der Waals surface area contributed by atoms with Gasteiger partial charge in [-0.25, -0.2) is 4.57 Å². The summed E-state index contributed by atoms with van der Waals surface area (Å²) in [6, 6.07) is 0. The van der Waals surface area contributed by atoms with Crippen molar-refractivity contribution in [1.29, 1.82) is 0 Å². The maximum Gasteiger partial charge on any atom is 0.473 e. The molecule has 0 aliphatic carbocycles. The normalized spacial score (nSPS) is 25.0. The molecule has 124 valence electrons. The molecule has 0 aromatic rings. The Kier molecular flexibility index (Phi) is 8.77. The van der Waals surface area contributed by atoms with Crippen molar-refractivity contribution in [2.24, 2.45) is 5.73 Å². The first-order chi connectivity index (χ1) is 9.89. The number of carbonyl (C=O) groups excluding carboxylic acids is 1. The molecular formula is C10H20NO7PS2. The van der Waals surface area contributed by atoms with Crippen LogP contribution in [-0.4, -0.2) is 63.9 Å². The summed E-state index contributed by atoms with van der Waals surface area (Å²) in [6.07, 6.45) is -0.966. The molecule has 0 saturated carbocycles. The number of aliphatic hydroxyl groups is 2. The van der Waals surface area contributed by atoms with E-state index in [0.29, 0.717) is 6.42 Å². The van der Waals surface area contributed by atoms with Gasteiger partial charge in [0.2, 0.25) is 0 Å². The number of rotatable bonds is 9. The number of phosphoric ester groups is 1. The second-order valence-corrected chi connectivity index (χ2v) is 8.48. The summed E-state index contributed by atoms with van der Waals surface area (Å²) in [4.78, 5) is 21.7. The fourth-order valence-electron chi connectivity index (χ4n) is 1.54. The summed E-state index contributed by atoms with van der Waals surface area (Å²) in [5, 5.41) is 17.3. The third kappa shape index (κ3) is 6.98. The average molecular weight is 361 g/mol. The maximum absolute atomic E-state index is 12.2. The lowest BCUT2D eigenvalue weighted by molar-refractivity contribution is -0.126. The lowest BCUT2D eigenvalue weighted by atomic mass is 10.1. The van der Waals surface area contributed by atoms with Crippen LogP contribution in [0.3, 0.4) is 0 Å². The van der Waals surface area contributed by atoms with E-state index in [1.807, 2.05) is 0 Å². The fourth-order valence-corrected chi connectivity index (χ4v) is 5.23. The zero-order valence-corrected chi connectivity index (χ0v) is 13.8. The first-order valence-corrected chi connectivity index (χ1v) is 10.2. The average Bonchev–Trinajstić information content (AvgIpc) is 2.50. The molecule has 11 heteroatoms. The molecule has 1 fully saturated rings. The highest BCUT2D eigenvalue weighted by Gasteiger charge is 2.35. The summed E-state index contributed by atoms with van der Waals surface area (Å²) in [5.41, 5.74) is 5.43. The zero-order valence-electron chi connectivity index (χ0n) is 11.3. The lowest BCUT2D eigenvalue weighted by Gasteiger charge is -2.25. The van der Waals surface area contributed by atoms with Crippen molar-refractivity contribution in [1.82, 2.24) is 0 Å². The van der Waals surface area contributed by atoms with Crippen molar-refractivity contribution in [2.75, 3.05) is 25.5 Å². The number of hydrogen-bond donors (Lipinski definition) is 4. The third-order valence-corrected chi connectivity index (χ3v) is 6.52. The van der Waals surface area contributed by atoms with Crippen LogP contribution in [-0.2, 0) is 18.4 Å². The summed E-state index contributed by atoms with van der Waals surface area (Å²) in [6.45, 7) is -1.43. The van der Waals surface area contributed by atoms with Gasteiger partial charge in [0.05, 0.1) is 18.5 Å². The van der Waals surface area contributed by atoms with E-state index in [0.717, 1.165) is 12.2 Å². The SMILES string of the molecule is NCC(OP(=O)(O)OC[C@H](O)CO)C(=O)C1CCCSS1. The molecule has 1 heterocycles. The number of Topliss-reactive ketones (excluding diaryl/α,β-unsaturated/α-hetero) is 1. The minimum absolute atomic E-state index is 0.239. The van der Waals surface area contributed by atoms with Crippen molar-refractivity contribution in [3.8, 4) is 0 Å². The van der Waals surface area contributed by atoms with Gasteiger partial charge in [-0.05, 0) is 12.8 Å². The smallest absolute Gasteiger partial charge is 0.394 e. The zero-order chi connectivity index (χ0) is 15.9. The van der Waals surface area contributed by atoms with E-state index in [2.05, 4.69) is 4.52 Å². The molecule has 0 aromatic heterocycles. The highest BCUT2D eigenvalue weighted by atomic mass is 33.1. The van der Waals surface area contributed by atoms with E-state index in [-0.39, 0.29) is 17.6 Å². The summed E-state index contributed by atoms with van der Waals surface area (Å²) in [5.74, 6) is 0.624. The lowest BCUT2D eigenvalue weighted by Crippen LogP contribution is -2.38. The predicted molar refractivity (Wildman–Crippen MR) is 80.9 cm³/mol. The molecule has 0 amide bonds. The van der Waals surface area contributed by atoms with Crippen LogP contribution in [0.25, 0.3) is 0 Å². The van der Waals surface area contributed by atoms with Crippen molar-refractivity contribution >= 4 is 35.2 Å². The first kappa shape index (κ1) is 19.4. The minimum Gasteiger partial charge on any atom is -0.394 e. The van der Waals surface area contributed by atoms with Gasteiger partial charge in [-0.3, -0.25) is 13.8 Å². The van der Waals surface area contributed by atoms with Gasteiger partial charge < -0.3 is 20.8 Å². The van der Waals surface area contributed by atoms with Crippen LogP contribution in [0, 0.1) is 0 Å². The van der Waals surface area contributed by atoms with Gasteiger partial charge in [-0.2, -0.15) is 0 Å². The number of nitrogens with two attached hydrogens (primary N) is 1. The summed E-state index contributed by atoms with van der Waals surface area (Å²) in [7, 11) is -1.55. The quantitative estimate of drug-likeness (QED) is 0.325. The van der Waals surface area contributed by atoms with Crippen LogP contribution < -0.4 is 5.73 Å². The fraction of sp³-hybridized carbons (Fsp3) is 0.900. The molecule has 21 heavy (non-hydrogen) atoms. The summed E-state index contributed by atoms with van der Waals surface area (Å²) < 4.78 is 21.0. The van der Waals surface area contributed by atoms with Gasteiger partial charge in [0, 0.05) is 12.3 Å². The summed E-state index contributed by atoms with van der Waals surface area (Å²) >= 11 is 0. The molecule has 3 unspecified atom stereocenters. The molecule has 0 aromatic carbocycles.